The fraction of sp³-hybridized carbons (Fsp3) is 0.538. The van der Waals surface area contributed by atoms with Gasteiger partial charge >= 0.3 is 0 Å². The van der Waals surface area contributed by atoms with Gasteiger partial charge in [-0.1, -0.05) is 32.4 Å². The van der Waals surface area contributed by atoms with E-state index in [-0.39, 0.29) is 28.1 Å². The third-order valence-corrected chi connectivity index (χ3v) is 3.49. The number of nitrogens with zero attached hydrogens (tertiary/aromatic N) is 2. The van der Waals surface area contributed by atoms with E-state index in [2.05, 4.69) is 4.98 Å². The van der Waals surface area contributed by atoms with Gasteiger partial charge in [0.15, 0.2) is 0 Å². The molecule has 1 aromatic heterocycles. The largest absolute Gasteiger partial charge is 0.338 e. The molecular weight excluding hydrogens is 255 g/mol. The zero-order valence-electron chi connectivity index (χ0n) is 11.3. The van der Waals surface area contributed by atoms with Crippen molar-refractivity contribution in [3.63, 3.8) is 0 Å². The minimum atomic E-state index is -0.570. The van der Waals surface area contributed by atoms with Crippen molar-refractivity contribution in [2.75, 3.05) is 7.05 Å². The second-order valence-corrected chi connectivity index (χ2v) is 5.81. The summed E-state index contributed by atoms with van der Waals surface area (Å²) in [4.78, 5) is 17.4. The zero-order valence-corrected chi connectivity index (χ0v) is 12.0. The highest BCUT2D eigenvalue weighted by Gasteiger charge is 2.28. The van der Waals surface area contributed by atoms with Crippen molar-refractivity contribution < 1.29 is 9.18 Å². The molecule has 3 nitrogen and oxygen atoms in total. The van der Waals surface area contributed by atoms with E-state index in [1.54, 1.807) is 11.9 Å². The first-order chi connectivity index (χ1) is 8.14. The molecule has 0 aromatic carbocycles. The van der Waals surface area contributed by atoms with Crippen LogP contribution in [0.25, 0.3) is 0 Å². The minimum absolute atomic E-state index is 0.00988. The van der Waals surface area contributed by atoms with Crippen LogP contribution in [0.3, 0.4) is 0 Å². The van der Waals surface area contributed by atoms with Gasteiger partial charge in [-0.05, 0) is 18.4 Å². The number of hydrogen-bond acceptors (Lipinski definition) is 2. The molecule has 1 aromatic rings. The lowest BCUT2D eigenvalue weighted by atomic mass is 9.87. The van der Waals surface area contributed by atoms with Gasteiger partial charge in [-0.15, -0.1) is 0 Å². The monoisotopic (exact) mass is 272 g/mol. The van der Waals surface area contributed by atoms with E-state index in [1.165, 1.54) is 0 Å². The number of pyridine rings is 1. The van der Waals surface area contributed by atoms with E-state index in [1.807, 2.05) is 27.7 Å². The summed E-state index contributed by atoms with van der Waals surface area (Å²) in [7, 11) is 1.68. The lowest BCUT2D eigenvalue weighted by molar-refractivity contribution is 0.0628. The van der Waals surface area contributed by atoms with E-state index < -0.39 is 5.82 Å². The van der Waals surface area contributed by atoms with Gasteiger partial charge in [-0.2, -0.15) is 0 Å². The quantitative estimate of drug-likeness (QED) is 0.773. The summed E-state index contributed by atoms with van der Waals surface area (Å²) in [6.07, 6.45) is 0.992. The molecular formula is C13H18ClFN2O. The summed E-state index contributed by atoms with van der Waals surface area (Å²) < 4.78 is 13.1. The molecule has 1 unspecified atom stereocenters. The number of carbonyl (C=O) groups excluding carboxylic acids is 1. The molecule has 0 spiro atoms. The van der Waals surface area contributed by atoms with Crippen LogP contribution < -0.4 is 0 Å². The maximum absolute atomic E-state index is 13.1. The Morgan fingerprint density at radius 1 is 1.50 bits per heavy atom. The van der Waals surface area contributed by atoms with Gasteiger partial charge in [-0.25, -0.2) is 9.37 Å². The molecule has 0 aliphatic heterocycles. The first kappa shape index (κ1) is 14.9. The van der Waals surface area contributed by atoms with Gasteiger partial charge < -0.3 is 4.90 Å². The van der Waals surface area contributed by atoms with E-state index >= 15 is 0 Å². The number of rotatable bonds is 2. The van der Waals surface area contributed by atoms with Gasteiger partial charge in [0.1, 0.15) is 11.0 Å². The molecule has 0 aliphatic carbocycles. The Labute approximate surface area is 112 Å². The molecule has 1 amide bonds. The van der Waals surface area contributed by atoms with E-state index in [0.717, 1.165) is 12.3 Å². The molecule has 5 heteroatoms. The Morgan fingerprint density at radius 2 is 2.06 bits per heavy atom. The van der Waals surface area contributed by atoms with Crippen molar-refractivity contribution in [1.29, 1.82) is 0 Å². The smallest absolute Gasteiger partial charge is 0.257 e. The summed E-state index contributed by atoms with van der Waals surface area (Å²) in [5.74, 6) is -0.894. The third-order valence-electron chi connectivity index (χ3n) is 3.19. The first-order valence-corrected chi connectivity index (χ1v) is 6.10. The average Bonchev–Trinajstić information content (AvgIpc) is 2.28. The van der Waals surface area contributed by atoms with Crippen molar-refractivity contribution in [3.8, 4) is 0 Å². The number of hydrogen-bond donors (Lipinski definition) is 0. The molecule has 0 saturated heterocycles. The SMILES string of the molecule is CC(N(C)C(=O)c1cc(F)cnc1Cl)C(C)(C)C. The summed E-state index contributed by atoms with van der Waals surface area (Å²) in [5.41, 5.74) is 0.0211. The number of carbonyl (C=O) groups is 1. The van der Waals surface area contributed by atoms with Crippen molar-refractivity contribution in [2.45, 2.75) is 33.7 Å². The molecule has 0 aliphatic rings. The second-order valence-electron chi connectivity index (χ2n) is 5.45. The third kappa shape index (κ3) is 3.19. The molecule has 0 bridgehead atoms. The average molecular weight is 273 g/mol. The molecule has 1 heterocycles. The van der Waals surface area contributed by atoms with Crippen LogP contribution in [0.4, 0.5) is 4.39 Å². The Hall–Kier alpha value is -1.16. The van der Waals surface area contributed by atoms with Crippen molar-refractivity contribution in [1.82, 2.24) is 9.88 Å². The zero-order chi connectivity index (χ0) is 14.1. The van der Waals surface area contributed by atoms with Crippen molar-refractivity contribution >= 4 is 17.5 Å². The summed E-state index contributed by atoms with van der Waals surface area (Å²) in [5, 5.41) is 0.0226. The maximum atomic E-state index is 13.1. The Kier molecular flexibility index (Phi) is 4.32. The predicted octanol–water partition coefficient (Wildman–Crippen LogP) is 3.38. The summed E-state index contributed by atoms with van der Waals surface area (Å²) >= 11 is 5.83. The van der Waals surface area contributed by atoms with Crippen LogP contribution in [-0.2, 0) is 0 Å². The second kappa shape index (κ2) is 5.22. The van der Waals surface area contributed by atoms with Crippen LogP contribution in [0.2, 0.25) is 5.15 Å². The fourth-order valence-electron chi connectivity index (χ4n) is 1.52. The normalized spacial score (nSPS) is 13.3. The fourth-order valence-corrected chi connectivity index (χ4v) is 1.70. The summed E-state index contributed by atoms with van der Waals surface area (Å²) in [6.45, 7) is 8.05. The van der Waals surface area contributed by atoms with Gasteiger partial charge in [0.25, 0.3) is 5.91 Å². The summed E-state index contributed by atoms with van der Waals surface area (Å²) in [6, 6.07) is 1.10. The van der Waals surface area contributed by atoms with Crippen LogP contribution in [-0.4, -0.2) is 28.9 Å². The van der Waals surface area contributed by atoms with Crippen LogP contribution in [0.1, 0.15) is 38.1 Å². The Balaban J connectivity index is 3.04. The molecule has 1 atom stereocenters. The molecule has 0 saturated carbocycles. The minimum Gasteiger partial charge on any atom is -0.338 e. The van der Waals surface area contributed by atoms with Crippen LogP contribution >= 0.6 is 11.6 Å². The van der Waals surface area contributed by atoms with E-state index in [0.29, 0.717) is 0 Å². The van der Waals surface area contributed by atoms with Crippen LogP contribution in [0, 0.1) is 11.2 Å². The standard InChI is InChI=1S/C13H18ClFN2O/c1-8(13(2,3)4)17(5)12(18)10-6-9(15)7-16-11(10)14/h6-8H,1-5H3. The Bertz CT molecular complexity index is 457. The molecule has 18 heavy (non-hydrogen) atoms. The van der Waals surface area contributed by atoms with Crippen LogP contribution in [0.5, 0.6) is 0 Å². The van der Waals surface area contributed by atoms with Gasteiger partial charge in [0.05, 0.1) is 11.8 Å². The number of halogens is 2. The number of amides is 1. The highest BCUT2D eigenvalue weighted by molar-refractivity contribution is 6.32. The van der Waals surface area contributed by atoms with Crippen molar-refractivity contribution in [3.05, 3.63) is 28.8 Å². The molecule has 0 N–H and O–H groups in total. The van der Waals surface area contributed by atoms with Crippen molar-refractivity contribution in [2.24, 2.45) is 5.41 Å². The van der Waals surface area contributed by atoms with Gasteiger partial charge in [0, 0.05) is 13.1 Å². The predicted molar refractivity (Wildman–Crippen MR) is 70.2 cm³/mol. The lowest BCUT2D eigenvalue weighted by Crippen LogP contribution is -2.43. The lowest BCUT2D eigenvalue weighted by Gasteiger charge is -2.35. The maximum Gasteiger partial charge on any atom is 0.257 e. The molecule has 0 fully saturated rings. The molecule has 1 rings (SSSR count). The molecule has 100 valence electrons. The van der Waals surface area contributed by atoms with Gasteiger partial charge in [0.2, 0.25) is 0 Å². The van der Waals surface area contributed by atoms with Gasteiger partial charge in [-0.3, -0.25) is 4.79 Å². The highest BCUT2D eigenvalue weighted by atomic mass is 35.5. The first-order valence-electron chi connectivity index (χ1n) is 5.72. The van der Waals surface area contributed by atoms with Crippen LogP contribution in [0.15, 0.2) is 12.3 Å². The number of aromatic nitrogens is 1. The highest BCUT2D eigenvalue weighted by Crippen LogP contribution is 2.25. The van der Waals surface area contributed by atoms with E-state index in [4.69, 9.17) is 11.6 Å². The van der Waals surface area contributed by atoms with E-state index in [9.17, 15) is 9.18 Å². The molecule has 0 radical (unpaired) electrons. The Morgan fingerprint density at radius 3 is 2.56 bits per heavy atom. The topological polar surface area (TPSA) is 33.2 Å².